The number of terminal acetylenes is 1. The summed E-state index contributed by atoms with van der Waals surface area (Å²) < 4.78 is 5.35. The molecule has 13 heavy (non-hydrogen) atoms. The van der Waals surface area contributed by atoms with E-state index >= 15 is 0 Å². The van der Waals surface area contributed by atoms with Gasteiger partial charge in [-0.05, 0) is 18.1 Å². The summed E-state index contributed by atoms with van der Waals surface area (Å²) in [5, 5.41) is 0. The van der Waals surface area contributed by atoms with Crippen LogP contribution < -0.4 is 4.74 Å². The summed E-state index contributed by atoms with van der Waals surface area (Å²) in [7, 11) is 0. The second kappa shape index (κ2) is 5.05. The molecule has 0 aliphatic heterocycles. The molecule has 0 aromatic heterocycles. The van der Waals surface area contributed by atoms with Gasteiger partial charge in [-0.2, -0.15) is 0 Å². The zero-order valence-corrected chi connectivity index (χ0v) is 7.49. The Hall–Kier alpha value is -1.68. The second-order valence-corrected chi connectivity index (χ2v) is 2.59. The summed E-state index contributed by atoms with van der Waals surface area (Å²) in [5.74, 6) is 3.29. The average Bonchev–Trinajstić information content (AvgIpc) is 2.17. The van der Waals surface area contributed by atoms with Crippen LogP contribution in [0.5, 0.6) is 5.75 Å². The largest absolute Gasteiger partial charge is 0.481 e. The van der Waals surface area contributed by atoms with Crippen molar-refractivity contribution in [2.45, 2.75) is 6.42 Å². The van der Waals surface area contributed by atoms with Crippen LogP contribution >= 0.6 is 0 Å². The fraction of sp³-hybridized carbons (Fsp3) is 0.167. The molecular weight excluding hydrogens is 160 g/mol. The lowest BCUT2D eigenvalue weighted by Gasteiger charge is -2.06. The molecule has 0 atom stereocenters. The van der Waals surface area contributed by atoms with Gasteiger partial charge in [-0.15, -0.1) is 13.0 Å². The van der Waals surface area contributed by atoms with Crippen LogP contribution in [0.1, 0.15) is 5.56 Å². The highest BCUT2D eigenvalue weighted by Crippen LogP contribution is 2.18. The number of allylic oxidation sites excluding steroid dienone is 1. The fourth-order valence-corrected chi connectivity index (χ4v) is 1.09. The van der Waals surface area contributed by atoms with Crippen molar-refractivity contribution in [2.75, 3.05) is 6.61 Å². The highest BCUT2D eigenvalue weighted by molar-refractivity contribution is 5.34. The third kappa shape index (κ3) is 2.68. The van der Waals surface area contributed by atoms with Crippen LogP contribution in [-0.2, 0) is 6.42 Å². The minimum Gasteiger partial charge on any atom is -0.481 e. The van der Waals surface area contributed by atoms with Gasteiger partial charge in [0.2, 0.25) is 0 Å². The Morgan fingerprint density at radius 1 is 1.46 bits per heavy atom. The molecule has 0 spiro atoms. The van der Waals surface area contributed by atoms with Gasteiger partial charge in [0.05, 0.1) is 0 Å². The van der Waals surface area contributed by atoms with Crippen molar-refractivity contribution in [3.63, 3.8) is 0 Å². The van der Waals surface area contributed by atoms with E-state index in [-0.39, 0.29) is 0 Å². The van der Waals surface area contributed by atoms with Crippen molar-refractivity contribution < 1.29 is 4.74 Å². The zero-order chi connectivity index (χ0) is 9.52. The standard InChI is InChI=1S/C12H12O/c1-3-7-11-8-5-6-9-12(11)13-10-4-2/h2-3,5-6,8-9H,1,7,10H2. The summed E-state index contributed by atoms with van der Waals surface area (Å²) in [6.07, 6.45) is 7.76. The first-order chi connectivity index (χ1) is 6.38. The van der Waals surface area contributed by atoms with Gasteiger partial charge < -0.3 is 4.74 Å². The van der Waals surface area contributed by atoms with Crippen LogP contribution in [0.4, 0.5) is 0 Å². The Bertz CT molecular complexity index is 320. The lowest BCUT2D eigenvalue weighted by Crippen LogP contribution is -1.96. The van der Waals surface area contributed by atoms with Gasteiger partial charge in [0.15, 0.2) is 0 Å². The third-order valence-electron chi connectivity index (χ3n) is 1.65. The molecule has 0 fully saturated rings. The topological polar surface area (TPSA) is 9.23 Å². The first-order valence-corrected chi connectivity index (χ1v) is 4.13. The van der Waals surface area contributed by atoms with Crippen LogP contribution in [0.3, 0.4) is 0 Å². The Morgan fingerprint density at radius 2 is 2.23 bits per heavy atom. The quantitative estimate of drug-likeness (QED) is 0.500. The van der Waals surface area contributed by atoms with Gasteiger partial charge in [-0.25, -0.2) is 0 Å². The zero-order valence-electron chi connectivity index (χ0n) is 7.49. The van der Waals surface area contributed by atoms with E-state index in [4.69, 9.17) is 11.2 Å². The van der Waals surface area contributed by atoms with Gasteiger partial charge in [0.25, 0.3) is 0 Å². The van der Waals surface area contributed by atoms with Crippen LogP contribution in [0, 0.1) is 12.3 Å². The van der Waals surface area contributed by atoms with Crippen LogP contribution in [0.25, 0.3) is 0 Å². The van der Waals surface area contributed by atoms with Gasteiger partial charge in [0, 0.05) is 0 Å². The van der Waals surface area contributed by atoms with E-state index in [1.165, 1.54) is 0 Å². The molecule has 1 heteroatoms. The fourth-order valence-electron chi connectivity index (χ4n) is 1.09. The van der Waals surface area contributed by atoms with E-state index in [2.05, 4.69) is 12.5 Å². The molecule has 0 aliphatic carbocycles. The molecule has 0 amide bonds. The minimum atomic E-state index is 0.314. The number of ether oxygens (including phenoxy) is 1. The first kappa shape index (κ1) is 9.41. The van der Waals surface area contributed by atoms with Gasteiger partial charge in [0.1, 0.15) is 12.4 Å². The Labute approximate surface area is 79.0 Å². The molecule has 66 valence electrons. The van der Waals surface area contributed by atoms with Crippen molar-refractivity contribution in [3.8, 4) is 18.1 Å². The van der Waals surface area contributed by atoms with E-state index in [1.54, 1.807) is 0 Å². The van der Waals surface area contributed by atoms with Crippen molar-refractivity contribution in [3.05, 3.63) is 42.5 Å². The molecule has 0 N–H and O–H groups in total. The van der Waals surface area contributed by atoms with Gasteiger partial charge in [-0.1, -0.05) is 30.2 Å². The van der Waals surface area contributed by atoms with Gasteiger partial charge in [-0.3, -0.25) is 0 Å². The molecule has 1 aromatic carbocycles. The average molecular weight is 172 g/mol. The normalized spacial score (nSPS) is 8.85. The Morgan fingerprint density at radius 3 is 2.92 bits per heavy atom. The van der Waals surface area contributed by atoms with Crippen LogP contribution in [0.2, 0.25) is 0 Å². The van der Waals surface area contributed by atoms with Crippen LogP contribution in [0.15, 0.2) is 36.9 Å². The van der Waals surface area contributed by atoms with Crippen molar-refractivity contribution in [1.82, 2.24) is 0 Å². The van der Waals surface area contributed by atoms with E-state index in [0.29, 0.717) is 6.61 Å². The molecule has 0 saturated heterocycles. The molecule has 0 unspecified atom stereocenters. The van der Waals surface area contributed by atoms with E-state index in [0.717, 1.165) is 17.7 Å². The molecule has 0 aliphatic rings. The molecule has 0 radical (unpaired) electrons. The lowest BCUT2D eigenvalue weighted by molar-refractivity contribution is 0.367. The number of hydrogen-bond donors (Lipinski definition) is 0. The number of hydrogen-bond acceptors (Lipinski definition) is 1. The molecule has 1 nitrogen and oxygen atoms in total. The molecule has 0 bridgehead atoms. The maximum absolute atomic E-state index is 5.35. The van der Waals surface area contributed by atoms with E-state index in [1.807, 2.05) is 30.3 Å². The van der Waals surface area contributed by atoms with E-state index in [9.17, 15) is 0 Å². The number of rotatable bonds is 4. The SMILES string of the molecule is C#CCOc1ccccc1CC=C. The predicted octanol–water partition coefficient (Wildman–Crippen LogP) is 2.43. The van der Waals surface area contributed by atoms with Crippen molar-refractivity contribution in [1.29, 1.82) is 0 Å². The highest BCUT2D eigenvalue weighted by atomic mass is 16.5. The summed E-state index contributed by atoms with van der Waals surface area (Å²) in [5.41, 5.74) is 1.12. The summed E-state index contributed by atoms with van der Waals surface area (Å²) in [6.45, 7) is 4.00. The van der Waals surface area contributed by atoms with Crippen LogP contribution in [-0.4, -0.2) is 6.61 Å². The Balaban J connectivity index is 2.78. The van der Waals surface area contributed by atoms with Crippen molar-refractivity contribution in [2.24, 2.45) is 0 Å². The van der Waals surface area contributed by atoms with E-state index < -0.39 is 0 Å². The summed E-state index contributed by atoms with van der Waals surface area (Å²) in [6, 6.07) is 7.82. The summed E-state index contributed by atoms with van der Waals surface area (Å²) >= 11 is 0. The maximum atomic E-state index is 5.35. The predicted molar refractivity (Wildman–Crippen MR) is 54.7 cm³/mol. The molecular formula is C12H12O. The van der Waals surface area contributed by atoms with Gasteiger partial charge >= 0.3 is 0 Å². The second-order valence-electron chi connectivity index (χ2n) is 2.59. The third-order valence-corrected chi connectivity index (χ3v) is 1.65. The summed E-state index contributed by atoms with van der Waals surface area (Å²) in [4.78, 5) is 0. The lowest BCUT2D eigenvalue weighted by atomic mass is 10.1. The minimum absolute atomic E-state index is 0.314. The molecule has 1 rings (SSSR count). The number of para-hydroxylation sites is 1. The van der Waals surface area contributed by atoms with Crippen molar-refractivity contribution >= 4 is 0 Å². The molecule has 0 heterocycles. The molecule has 1 aromatic rings. The smallest absolute Gasteiger partial charge is 0.148 e. The highest BCUT2D eigenvalue weighted by Gasteiger charge is 1.98. The maximum Gasteiger partial charge on any atom is 0.148 e. The molecule has 0 saturated carbocycles. The Kier molecular flexibility index (Phi) is 3.66. The monoisotopic (exact) mass is 172 g/mol. The first-order valence-electron chi connectivity index (χ1n) is 4.13. The number of benzene rings is 1.